The van der Waals surface area contributed by atoms with Crippen LogP contribution >= 0.6 is 0 Å². The Morgan fingerprint density at radius 3 is 2.31 bits per heavy atom. The molecule has 0 atom stereocenters. The van der Waals surface area contributed by atoms with Crippen LogP contribution in [-0.2, 0) is 6.18 Å². The van der Waals surface area contributed by atoms with Gasteiger partial charge < -0.3 is 5.11 Å². The molecule has 1 aromatic rings. The number of nitrogens with zero attached hydrogens (tertiary/aromatic N) is 2. The standard InChI is InChI=1S/C8H3F5N2O/c9-7(10)3-1-5(8(11,12)13)15-4(2-14)6(3)16/h1,7,16H. The van der Waals surface area contributed by atoms with E-state index >= 15 is 0 Å². The smallest absolute Gasteiger partial charge is 0.433 e. The number of nitriles is 1. The Morgan fingerprint density at radius 1 is 1.38 bits per heavy atom. The van der Waals surface area contributed by atoms with Crippen molar-refractivity contribution in [1.29, 1.82) is 5.26 Å². The van der Waals surface area contributed by atoms with Gasteiger partial charge in [-0.15, -0.1) is 0 Å². The van der Waals surface area contributed by atoms with Crippen molar-refractivity contribution in [3.05, 3.63) is 23.0 Å². The summed E-state index contributed by atoms with van der Waals surface area (Å²) in [6.07, 6.45) is -8.28. The molecule has 1 aromatic heterocycles. The molecule has 0 unspecified atom stereocenters. The summed E-state index contributed by atoms with van der Waals surface area (Å²) in [6, 6.07) is 1.12. The molecule has 0 radical (unpaired) electrons. The molecule has 1 rings (SSSR count). The summed E-state index contributed by atoms with van der Waals surface area (Å²) in [5.41, 5.74) is -3.99. The van der Waals surface area contributed by atoms with Crippen LogP contribution in [-0.4, -0.2) is 10.1 Å². The molecule has 8 heteroatoms. The van der Waals surface area contributed by atoms with Gasteiger partial charge in [0.15, 0.2) is 11.4 Å². The monoisotopic (exact) mass is 238 g/mol. The second kappa shape index (κ2) is 3.92. The molecular formula is C8H3F5N2O. The lowest BCUT2D eigenvalue weighted by Crippen LogP contribution is -2.10. The molecule has 86 valence electrons. The minimum Gasteiger partial charge on any atom is -0.505 e. The van der Waals surface area contributed by atoms with E-state index in [0.717, 1.165) is 6.07 Å². The zero-order valence-electron chi connectivity index (χ0n) is 7.39. The van der Waals surface area contributed by atoms with Gasteiger partial charge in [-0.05, 0) is 6.07 Å². The van der Waals surface area contributed by atoms with Crippen LogP contribution in [0.3, 0.4) is 0 Å². The molecule has 0 aromatic carbocycles. The van der Waals surface area contributed by atoms with Crippen LogP contribution in [0.2, 0.25) is 0 Å². The van der Waals surface area contributed by atoms with Crippen LogP contribution in [0.15, 0.2) is 6.07 Å². The lowest BCUT2D eigenvalue weighted by Gasteiger charge is -2.10. The van der Waals surface area contributed by atoms with E-state index in [1.165, 1.54) is 0 Å². The molecule has 0 bridgehead atoms. The minimum atomic E-state index is -4.96. The second-order valence-corrected chi connectivity index (χ2v) is 2.70. The topological polar surface area (TPSA) is 56.9 Å². The number of aromatic hydroxyl groups is 1. The SMILES string of the molecule is N#Cc1nc(C(F)(F)F)cc(C(F)F)c1O. The molecule has 0 fully saturated rings. The van der Waals surface area contributed by atoms with Crippen LogP contribution < -0.4 is 0 Å². The lowest BCUT2D eigenvalue weighted by molar-refractivity contribution is -0.141. The molecule has 1 N–H and O–H groups in total. The van der Waals surface area contributed by atoms with Crippen LogP contribution in [0.1, 0.15) is 23.4 Å². The Labute approximate surface area is 85.8 Å². The molecule has 0 aliphatic carbocycles. The molecule has 0 aliphatic rings. The molecule has 0 aliphatic heterocycles. The van der Waals surface area contributed by atoms with Crippen molar-refractivity contribution in [3.8, 4) is 11.8 Å². The van der Waals surface area contributed by atoms with Gasteiger partial charge in [-0.2, -0.15) is 18.4 Å². The van der Waals surface area contributed by atoms with E-state index in [9.17, 15) is 22.0 Å². The van der Waals surface area contributed by atoms with E-state index in [4.69, 9.17) is 10.4 Å². The highest BCUT2D eigenvalue weighted by molar-refractivity contribution is 5.45. The normalized spacial score (nSPS) is 11.6. The third kappa shape index (κ3) is 2.18. The first kappa shape index (κ1) is 12.2. The number of pyridine rings is 1. The number of halogens is 5. The first-order chi connectivity index (χ1) is 7.27. The Bertz CT molecular complexity index is 449. The number of hydrogen-bond acceptors (Lipinski definition) is 3. The molecule has 0 saturated carbocycles. The van der Waals surface area contributed by atoms with Gasteiger partial charge in [0.2, 0.25) is 0 Å². The summed E-state index contributed by atoms with van der Waals surface area (Å²) in [7, 11) is 0. The average molecular weight is 238 g/mol. The van der Waals surface area contributed by atoms with Crippen molar-refractivity contribution in [2.75, 3.05) is 0 Å². The molecule has 1 heterocycles. The van der Waals surface area contributed by atoms with Crippen molar-refractivity contribution in [2.45, 2.75) is 12.6 Å². The van der Waals surface area contributed by atoms with Gasteiger partial charge in [-0.1, -0.05) is 0 Å². The number of rotatable bonds is 1. The average Bonchev–Trinajstić information content (AvgIpc) is 2.15. The predicted molar refractivity (Wildman–Crippen MR) is 40.6 cm³/mol. The molecule has 3 nitrogen and oxygen atoms in total. The predicted octanol–water partition coefficient (Wildman–Crippen LogP) is 2.62. The summed E-state index contributed by atoms with van der Waals surface area (Å²) < 4.78 is 61.0. The maximum atomic E-state index is 12.2. The highest BCUT2D eigenvalue weighted by atomic mass is 19.4. The van der Waals surface area contributed by atoms with E-state index in [2.05, 4.69) is 4.98 Å². The highest BCUT2D eigenvalue weighted by Gasteiger charge is 2.35. The lowest BCUT2D eigenvalue weighted by atomic mass is 10.1. The van der Waals surface area contributed by atoms with Crippen molar-refractivity contribution < 1.29 is 27.1 Å². The summed E-state index contributed by atoms with van der Waals surface area (Å²) >= 11 is 0. The zero-order valence-corrected chi connectivity index (χ0v) is 7.39. The number of hydrogen-bond donors (Lipinski definition) is 1. The zero-order chi connectivity index (χ0) is 12.5. The van der Waals surface area contributed by atoms with Gasteiger partial charge in [0.05, 0.1) is 5.56 Å². The molecular weight excluding hydrogens is 235 g/mol. The van der Waals surface area contributed by atoms with Crippen molar-refractivity contribution in [2.24, 2.45) is 0 Å². The van der Waals surface area contributed by atoms with E-state index in [1.54, 1.807) is 0 Å². The Morgan fingerprint density at radius 2 is 1.94 bits per heavy atom. The van der Waals surface area contributed by atoms with E-state index in [1.807, 2.05) is 0 Å². The fourth-order valence-corrected chi connectivity index (χ4v) is 0.948. The van der Waals surface area contributed by atoms with Crippen molar-refractivity contribution >= 4 is 0 Å². The Balaban J connectivity index is 3.48. The molecule has 0 spiro atoms. The summed E-state index contributed by atoms with van der Waals surface area (Å²) in [6.45, 7) is 0. The number of alkyl halides is 5. The Kier molecular flexibility index (Phi) is 2.98. The fraction of sp³-hybridized carbons (Fsp3) is 0.250. The van der Waals surface area contributed by atoms with Gasteiger partial charge >= 0.3 is 6.18 Å². The van der Waals surface area contributed by atoms with Crippen LogP contribution in [0, 0.1) is 11.3 Å². The second-order valence-electron chi connectivity index (χ2n) is 2.70. The quantitative estimate of drug-likeness (QED) is 0.765. The van der Waals surface area contributed by atoms with Gasteiger partial charge in [0, 0.05) is 0 Å². The summed E-state index contributed by atoms with van der Waals surface area (Å²) in [4.78, 5) is 2.74. The maximum absolute atomic E-state index is 12.2. The van der Waals surface area contributed by atoms with Crippen LogP contribution in [0.25, 0.3) is 0 Å². The van der Waals surface area contributed by atoms with Gasteiger partial charge in [-0.25, -0.2) is 13.8 Å². The largest absolute Gasteiger partial charge is 0.505 e. The number of aromatic nitrogens is 1. The minimum absolute atomic E-state index is 0.0147. The van der Waals surface area contributed by atoms with E-state index in [0.29, 0.717) is 0 Å². The van der Waals surface area contributed by atoms with Gasteiger partial charge in [0.25, 0.3) is 6.43 Å². The third-order valence-electron chi connectivity index (χ3n) is 1.65. The first-order valence-corrected chi connectivity index (χ1v) is 3.76. The van der Waals surface area contributed by atoms with Crippen LogP contribution in [0.4, 0.5) is 22.0 Å². The van der Waals surface area contributed by atoms with Crippen molar-refractivity contribution in [1.82, 2.24) is 4.98 Å². The third-order valence-corrected chi connectivity index (χ3v) is 1.65. The summed E-state index contributed by atoms with van der Waals surface area (Å²) in [5.74, 6) is -1.23. The van der Waals surface area contributed by atoms with Gasteiger partial charge in [0.1, 0.15) is 11.8 Å². The first-order valence-electron chi connectivity index (χ1n) is 3.76. The molecule has 0 amide bonds. The Hall–Kier alpha value is -1.91. The van der Waals surface area contributed by atoms with Crippen molar-refractivity contribution in [3.63, 3.8) is 0 Å². The van der Waals surface area contributed by atoms with E-state index < -0.39 is 35.3 Å². The summed E-state index contributed by atoms with van der Waals surface area (Å²) in [5, 5.41) is 17.3. The maximum Gasteiger partial charge on any atom is 0.433 e. The molecule has 16 heavy (non-hydrogen) atoms. The fourth-order valence-electron chi connectivity index (χ4n) is 0.948. The highest BCUT2D eigenvalue weighted by Crippen LogP contribution is 2.35. The van der Waals surface area contributed by atoms with Crippen LogP contribution in [0.5, 0.6) is 5.75 Å². The van der Waals surface area contributed by atoms with Gasteiger partial charge in [-0.3, -0.25) is 0 Å². The molecule has 0 saturated heterocycles. The van der Waals surface area contributed by atoms with E-state index in [-0.39, 0.29) is 6.07 Å².